The number of hydrogen-bond acceptors (Lipinski definition) is 2. The lowest BCUT2D eigenvalue weighted by atomic mass is 10.1. The van der Waals surface area contributed by atoms with Gasteiger partial charge in [0.05, 0.1) is 5.56 Å². The molecular weight excluding hydrogens is 280 g/mol. The molecule has 1 heterocycles. The maximum Gasteiger partial charge on any atom is 0.335 e. The van der Waals surface area contributed by atoms with Crippen LogP contribution in [-0.2, 0) is 13.5 Å². The van der Waals surface area contributed by atoms with Crippen LogP contribution in [0.2, 0.25) is 0 Å². The van der Waals surface area contributed by atoms with Crippen LogP contribution in [0.4, 0.5) is 0 Å². The van der Waals surface area contributed by atoms with Crippen LogP contribution >= 0.6 is 0 Å². The molecule has 1 aromatic heterocycles. The molecule has 2 aromatic rings. The number of benzene rings is 1. The molecule has 1 aromatic carbocycles. The van der Waals surface area contributed by atoms with Gasteiger partial charge in [-0.25, -0.2) is 4.79 Å². The van der Waals surface area contributed by atoms with Gasteiger partial charge >= 0.3 is 5.97 Å². The van der Waals surface area contributed by atoms with Gasteiger partial charge in [-0.2, -0.15) is 0 Å². The summed E-state index contributed by atoms with van der Waals surface area (Å²) < 4.78 is 2.06. The summed E-state index contributed by atoms with van der Waals surface area (Å²) in [4.78, 5) is 23.1. The number of nitrogens with zero attached hydrogens (tertiary/aromatic N) is 1. The highest BCUT2D eigenvalue weighted by Gasteiger charge is 2.12. The number of carboxylic acids is 1. The van der Waals surface area contributed by atoms with Crippen molar-refractivity contribution in [3.05, 3.63) is 59.4 Å². The highest BCUT2D eigenvalue weighted by Crippen LogP contribution is 2.08. The first kappa shape index (κ1) is 15.8. The van der Waals surface area contributed by atoms with Crippen molar-refractivity contribution in [2.45, 2.75) is 25.8 Å². The average Bonchev–Trinajstić information content (AvgIpc) is 2.90. The van der Waals surface area contributed by atoms with Crippen molar-refractivity contribution in [2.75, 3.05) is 0 Å². The Morgan fingerprint density at radius 2 is 1.95 bits per heavy atom. The number of aryl methyl sites for hydroxylation is 2. The Hall–Kier alpha value is -2.56. The zero-order valence-corrected chi connectivity index (χ0v) is 12.7. The molecule has 0 saturated heterocycles. The molecule has 2 rings (SSSR count). The first-order valence-corrected chi connectivity index (χ1v) is 7.22. The summed E-state index contributed by atoms with van der Waals surface area (Å²) in [6.07, 6.45) is 3.69. The summed E-state index contributed by atoms with van der Waals surface area (Å²) in [5.41, 5.74) is 1.70. The van der Waals surface area contributed by atoms with E-state index < -0.39 is 5.97 Å². The molecule has 5 heteroatoms. The van der Waals surface area contributed by atoms with Gasteiger partial charge in [0, 0.05) is 30.5 Å². The minimum Gasteiger partial charge on any atom is -0.478 e. The third-order valence-electron chi connectivity index (χ3n) is 3.63. The third-order valence-corrected chi connectivity index (χ3v) is 3.63. The van der Waals surface area contributed by atoms with E-state index in [1.807, 2.05) is 26.2 Å². The van der Waals surface area contributed by atoms with Crippen molar-refractivity contribution in [2.24, 2.45) is 7.05 Å². The third kappa shape index (κ3) is 3.97. The van der Waals surface area contributed by atoms with Gasteiger partial charge in [-0.1, -0.05) is 6.07 Å². The lowest BCUT2D eigenvalue weighted by Gasteiger charge is -2.14. The standard InChI is InChI=1S/C17H20N2O3/c1-12(8-9-15-7-4-10-19(15)2)18-16(20)13-5-3-6-14(11-13)17(21)22/h3-7,10-12H,8-9H2,1-2H3,(H,18,20)(H,21,22). The SMILES string of the molecule is CC(CCc1cccn1C)NC(=O)c1cccc(C(=O)O)c1. The van der Waals surface area contributed by atoms with E-state index in [9.17, 15) is 9.59 Å². The molecule has 5 nitrogen and oxygen atoms in total. The molecule has 0 spiro atoms. The fraction of sp³-hybridized carbons (Fsp3) is 0.294. The lowest BCUT2D eigenvalue weighted by molar-refractivity contribution is 0.0697. The summed E-state index contributed by atoms with van der Waals surface area (Å²) in [5, 5.41) is 11.9. The van der Waals surface area contributed by atoms with Crippen molar-refractivity contribution >= 4 is 11.9 Å². The van der Waals surface area contributed by atoms with Gasteiger partial charge in [-0.15, -0.1) is 0 Å². The van der Waals surface area contributed by atoms with E-state index in [1.54, 1.807) is 12.1 Å². The van der Waals surface area contributed by atoms with Crippen molar-refractivity contribution in [3.8, 4) is 0 Å². The van der Waals surface area contributed by atoms with Crippen LogP contribution in [0.25, 0.3) is 0 Å². The largest absolute Gasteiger partial charge is 0.478 e. The normalized spacial score (nSPS) is 11.9. The van der Waals surface area contributed by atoms with E-state index in [0.717, 1.165) is 12.8 Å². The maximum absolute atomic E-state index is 12.1. The number of carbonyl (C=O) groups excluding carboxylic acids is 1. The van der Waals surface area contributed by atoms with Gasteiger partial charge in [-0.3, -0.25) is 4.79 Å². The van der Waals surface area contributed by atoms with Gasteiger partial charge in [0.25, 0.3) is 5.91 Å². The van der Waals surface area contributed by atoms with E-state index in [-0.39, 0.29) is 17.5 Å². The Kier molecular flexibility index (Phi) is 4.99. The molecule has 0 saturated carbocycles. The van der Waals surface area contributed by atoms with Crippen LogP contribution in [0, 0.1) is 0 Å². The van der Waals surface area contributed by atoms with Gasteiger partial charge in [0.1, 0.15) is 0 Å². The zero-order chi connectivity index (χ0) is 16.1. The van der Waals surface area contributed by atoms with Crippen LogP contribution < -0.4 is 5.32 Å². The molecule has 0 aliphatic heterocycles. The highest BCUT2D eigenvalue weighted by molar-refractivity contribution is 5.97. The number of aromatic nitrogens is 1. The van der Waals surface area contributed by atoms with Crippen LogP contribution in [0.5, 0.6) is 0 Å². The van der Waals surface area contributed by atoms with Gasteiger partial charge < -0.3 is 15.0 Å². The summed E-state index contributed by atoms with van der Waals surface area (Å²) in [5.74, 6) is -1.28. The second kappa shape index (κ2) is 6.93. The molecule has 0 fully saturated rings. The van der Waals surface area contributed by atoms with Gasteiger partial charge in [0.15, 0.2) is 0 Å². The molecule has 22 heavy (non-hydrogen) atoms. The first-order chi connectivity index (χ1) is 10.5. The number of hydrogen-bond donors (Lipinski definition) is 2. The number of nitrogens with one attached hydrogen (secondary N) is 1. The maximum atomic E-state index is 12.1. The smallest absolute Gasteiger partial charge is 0.335 e. The summed E-state index contributed by atoms with van der Waals surface area (Å²) in [7, 11) is 2.00. The van der Waals surface area contributed by atoms with Crippen molar-refractivity contribution in [3.63, 3.8) is 0 Å². The molecule has 1 atom stereocenters. The molecule has 1 amide bonds. The first-order valence-electron chi connectivity index (χ1n) is 7.22. The number of amides is 1. The molecule has 0 aliphatic carbocycles. The van der Waals surface area contributed by atoms with Crippen LogP contribution in [0.1, 0.15) is 39.8 Å². The van der Waals surface area contributed by atoms with E-state index >= 15 is 0 Å². The summed E-state index contributed by atoms with van der Waals surface area (Å²) >= 11 is 0. The Labute approximate surface area is 129 Å². The fourth-order valence-electron chi connectivity index (χ4n) is 2.29. The van der Waals surface area contributed by atoms with Gasteiger partial charge in [-0.05, 0) is 50.1 Å². The van der Waals surface area contributed by atoms with Gasteiger partial charge in [0.2, 0.25) is 0 Å². The molecule has 1 unspecified atom stereocenters. The minimum absolute atomic E-state index is 0.0101. The molecule has 0 aliphatic rings. The lowest BCUT2D eigenvalue weighted by Crippen LogP contribution is -2.33. The van der Waals surface area contributed by atoms with Crippen LogP contribution in [0.3, 0.4) is 0 Å². The number of carbonyl (C=O) groups is 2. The quantitative estimate of drug-likeness (QED) is 0.861. The van der Waals surface area contributed by atoms with Crippen molar-refractivity contribution < 1.29 is 14.7 Å². The summed E-state index contributed by atoms with van der Waals surface area (Å²) in [6.45, 7) is 1.95. The second-order valence-corrected chi connectivity index (χ2v) is 5.41. The molecule has 116 valence electrons. The van der Waals surface area contributed by atoms with Crippen molar-refractivity contribution in [1.82, 2.24) is 9.88 Å². The Morgan fingerprint density at radius 3 is 2.59 bits per heavy atom. The number of aromatic carboxylic acids is 1. The van der Waals surface area contributed by atoms with Crippen molar-refractivity contribution in [1.29, 1.82) is 0 Å². The van der Waals surface area contributed by atoms with E-state index in [0.29, 0.717) is 5.56 Å². The molecule has 0 radical (unpaired) electrons. The molecule has 0 bridgehead atoms. The summed E-state index contributed by atoms with van der Waals surface area (Å²) in [6, 6.07) is 10.1. The highest BCUT2D eigenvalue weighted by atomic mass is 16.4. The average molecular weight is 300 g/mol. The topological polar surface area (TPSA) is 71.3 Å². The molecular formula is C17H20N2O3. The second-order valence-electron chi connectivity index (χ2n) is 5.41. The predicted octanol–water partition coefficient (Wildman–Crippen LogP) is 2.47. The van der Waals surface area contributed by atoms with Crippen LogP contribution in [-0.4, -0.2) is 27.6 Å². The Morgan fingerprint density at radius 1 is 1.23 bits per heavy atom. The Balaban J connectivity index is 1.92. The fourth-order valence-corrected chi connectivity index (χ4v) is 2.29. The monoisotopic (exact) mass is 300 g/mol. The molecule has 2 N–H and O–H groups in total. The number of carboxylic acid groups (broad SMARTS) is 1. The van der Waals surface area contributed by atoms with E-state index in [4.69, 9.17) is 5.11 Å². The van der Waals surface area contributed by atoms with Crippen LogP contribution in [0.15, 0.2) is 42.6 Å². The predicted molar refractivity (Wildman–Crippen MR) is 84.1 cm³/mol. The number of rotatable bonds is 6. The minimum atomic E-state index is -1.04. The van der Waals surface area contributed by atoms with E-state index in [1.165, 1.54) is 17.8 Å². The zero-order valence-electron chi connectivity index (χ0n) is 12.7. The van der Waals surface area contributed by atoms with E-state index in [2.05, 4.69) is 16.0 Å². The Bertz CT molecular complexity index is 676.